The molecule has 1 aromatic heterocycles. The Kier molecular flexibility index (Phi) is 4.36. The van der Waals surface area contributed by atoms with Crippen LogP contribution in [0.15, 0.2) is 40.0 Å². The topological polar surface area (TPSA) is 57.8 Å². The summed E-state index contributed by atoms with van der Waals surface area (Å²) in [5, 5.41) is 3.34. The molecule has 0 radical (unpaired) electrons. The molecule has 6 heteroatoms. The summed E-state index contributed by atoms with van der Waals surface area (Å²) < 4.78 is 13.1. The van der Waals surface area contributed by atoms with Gasteiger partial charge >= 0.3 is 0 Å². The normalized spacial score (nSPS) is 14.3. The Morgan fingerprint density at radius 3 is 3.00 bits per heavy atom. The first kappa shape index (κ1) is 14.3. The second kappa shape index (κ2) is 6.41. The lowest BCUT2D eigenvalue weighted by Crippen LogP contribution is -2.20. The molecule has 1 aromatic carbocycles. The number of rotatable bonds is 6. The van der Waals surface area contributed by atoms with Crippen LogP contribution in [-0.2, 0) is 12.3 Å². The van der Waals surface area contributed by atoms with Crippen molar-refractivity contribution in [3.8, 4) is 0 Å². The van der Waals surface area contributed by atoms with Crippen LogP contribution in [0.2, 0.25) is 0 Å². The molecule has 4 nitrogen and oxygen atoms in total. The first-order chi connectivity index (χ1) is 10.2. The highest BCUT2D eigenvalue weighted by atomic mass is 32.2. The van der Waals surface area contributed by atoms with Crippen LogP contribution in [0.5, 0.6) is 0 Å². The molecule has 3 rings (SSSR count). The second-order valence-corrected chi connectivity index (χ2v) is 6.13. The van der Waals surface area contributed by atoms with Gasteiger partial charge in [-0.3, -0.25) is 4.79 Å². The molecule has 0 spiro atoms. The Morgan fingerprint density at radius 1 is 1.38 bits per heavy atom. The van der Waals surface area contributed by atoms with Gasteiger partial charge < -0.3 is 10.3 Å². The molecule has 1 heterocycles. The van der Waals surface area contributed by atoms with E-state index in [0.717, 1.165) is 10.6 Å². The maximum atomic E-state index is 13.1. The molecule has 0 saturated heterocycles. The highest BCUT2D eigenvalue weighted by Crippen LogP contribution is 2.22. The lowest BCUT2D eigenvalue weighted by molar-refractivity contribution is 0.624. The van der Waals surface area contributed by atoms with E-state index in [1.807, 2.05) is 6.07 Å². The Morgan fingerprint density at radius 2 is 2.24 bits per heavy atom. The summed E-state index contributed by atoms with van der Waals surface area (Å²) in [7, 11) is 0. The van der Waals surface area contributed by atoms with Crippen molar-refractivity contribution < 1.29 is 4.39 Å². The van der Waals surface area contributed by atoms with E-state index in [2.05, 4.69) is 15.3 Å². The zero-order chi connectivity index (χ0) is 14.7. The molecular formula is C15H16FN3OS. The second-order valence-electron chi connectivity index (χ2n) is 5.08. The van der Waals surface area contributed by atoms with Gasteiger partial charge in [0.1, 0.15) is 11.6 Å². The predicted molar refractivity (Wildman–Crippen MR) is 80.7 cm³/mol. The highest BCUT2D eigenvalue weighted by molar-refractivity contribution is 7.98. The van der Waals surface area contributed by atoms with Crippen LogP contribution >= 0.6 is 11.8 Å². The molecular weight excluding hydrogens is 289 g/mol. The molecule has 1 saturated carbocycles. The molecule has 0 aliphatic heterocycles. The Labute approximate surface area is 126 Å². The first-order valence-corrected chi connectivity index (χ1v) is 7.88. The van der Waals surface area contributed by atoms with Gasteiger partial charge in [0.25, 0.3) is 5.56 Å². The number of halogens is 1. The molecule has 0 amide bonds. The van der Waals surface area contributed by atoms with Crippen molar-refractivity contribution in [1.29, 1.82) is 0 Å². The summed E-state index contributed by atoms with van der Waals surface area (Å²) in [6, 6.07) is 8.49. The summed E-state index contributed by atoms with van der Waals surface area (Å²) in [6.45, 7) is 0.617. The van der Waals surface area contributed by atoms with Crippen LogP contribution in [0.3, 0.4) is 0 Å². The van der Waals surface area contributed by atoms with E-state index in [9.17, 15) is 9.18 Å². The van der Waals surface area contributed by atoms with Gasteiger partial charge in [-0.2, -0.15) is 0 Å². The highest BCUT2D eigenvalue weighted by Gasteiger charge is 2.20. The smallest absolute Gasteiger partial charge is 0.251 e. The van der Waals surface area contributed by atoms with Gasteiger partial charge in [-0.25, -0.2) is 9.37 Å². The molecule has 21 heavy (non-hydrogen) atoms. The minimum atomic E-state index is -0.260. The number of hydrogen-bond donors (Lipinski definition) is 2. The summed E-state index contributed by atoms with van der Waals surface area (Å²) in [5.41, 5.74) is 0.605. The van der Waals surface area contributed by atoms with Crippen molar-refractivity contribution in [2.75, 3.05) is 0 Å². The number of benzene rings is 1. The van der Waals surface area contributed by atoms with Crippen LogP contribution in [0.4, 0.5) is 4.39 Å². The molecule has 0 atom stereocenters. The lowest BCUT2D eigenvalue weighted by atomic mass is 10.3. The van der Waals surface area contributed by atoms with E-state index in [1.165, 1.54) is 42.8 Å². The van der Waals surface area contributed by atoms with Crippen molar-refractivity contribution >= 4 is 11.8 Å². The van der Waals surface area contributed by atoms with Crippen molar-refractivity contribution in [2.24, 2.45) is 0 Å². The average Bonchev–Trinajstić information content (AvgIpc) is 3.27. The number of aromatic amines is 1. The van der Waals surface area contributed by atoms with Gasteiger partial charge in [-0.05, 0) is 31.0 Å². The van der Waals surface area contributed by atoms with E-state index in [-0.39, 0.29) is 11.4 Å². The van der Waals surface area contributed by atoms with Crippen molar-refractivity contribution in [2.45, 2.75) is 36.1 Å². The van der Waals surface area contributed by atoms with Crippen LogP contribution in [0.1, 0.15) is 24.4 Å². The Bertz CT molecular complexity index is 685. The van der Waals surface area contributed by atoms with Crippen LogP contribution in [-0.4, -0.2) is 16.0 Å². The van der Waals surface area contributed by atoms with Crippen molar-refractivity contribution in [3.63, 3.8) is 0 Å². The lowest BCUT2D eigenvalue weighted by Gasteiger charge is -2.05. The SMILES string of the molecule is O=c1cc(CNC2CC2)nc(CSc2cccc(F)c2)[nH]1. The summed E-state index contributed by atoms with van der Waals surface area (Å²) in [6.07, 6.45) is 2.40. The standard InChI is InChI=1S/C15H16FN3OS/c16-10-2-1-3-13(6-10)21-9-14-18-12(7-15(20)19-14)8-17-11-4-5-11/h1-3,6-7,11,17H,4-5,8-9H2,(H,18,19,20). The predicted octanol–water partition coefficient (Wildman–Crippen LogP) is 2.45. The largest absolute Gasteiger partial charge is 0.310 e. The zero-order valence-electron chi connectivity index (χ0n) is 11.4. The molecule has 2 N–H and O–H groups in total. The van der Waals surface area contributed by atoms with E-state index in [1.54, 1.807) is 6.07 Å². The molecule has 0 unspecified atom stereocenters. The van der Waals surface area contributed by atoms with Gasteiger partial charge in [0, 0.05) is 23.5 Å². The third kappa shape index (κ3) is 4.41. The Hall–Kier alpha value is -1.66. The van der Waals surface area contributed by atoms with Gasteiger partial charge in [0.2, 0.25) is 0 Å². The van der Waals surface area contributed by atoms with E-state index in [4.69, 9.17) is 0 Å². The summed E-state index contributed by atoms with van der Waals surface area (Å²) >= 11 is 1.45. The van der Waals surface area contributed by atoms with Crippen LogP contribution in [0.25, 0.3) is 0 Å². The molecule has 1 aliphatic rings. The number of thioether (sulfide) groups is 1. The number of hydrogen-bond acceptors (Lipinski definition) is 4. The number of aromatic nitrogens is 2. The van der Waals surface area contributed by atoms with Crippen molar-refractivity contribution in [1.82, 2.24) is 15.3 Å². The average molecular weight is 305 g/mol. The van der Waals surface area contributed by atoms with Gasteiger partial charge in [0.05, 0.1) is 11.4 Å². The third-order valence-corrected chi connectivity index (χ3v) is 4.17. The van der Waals surface area contributed by atoms with Gasteiger partial charge in [-0.1, -0.05) is 6.07 Å². The Balaban J connectivity index is 1.65. The zero-order valence-corrected chi connectivity index (χ0v) is 12.3. The first-order valence-electron chi connectivity index (χ1n) is 6.90. The number of H-pyrrole nitrogens is 1. The fourth-order valence-corrected chi connectivity index (χ4v) is 2.78. The minimum Gasteiger partial charge on any atom is -0.310 e. The fourth-order valence-electron chi connectivity index (χ4n) is 1.97. The van der Waals surface area contributed by atoms with Gasteiger partial charge in [-0.15, -0.1) is 11.8 Å². The molecule has 1 aliphatic carbocycles. The molecule has 110 valence electrons. The van der Waals surface area contributed by atoms with Crippen LogP contribution in [0, 0.1) is 5.82 Å². The minimum absolute atomic E-state index is 0.146. The number of nitrogens with one attached hydrogen (secondary N) is 2. The monoisotopic (exact) mass is 305 g/mol. The van der Waals surface area contributed by atoms with Gasteiger partial charge in [0.15, 0.2) is 0 Å². The fraction of sp³-hybridized carbons (Fsp3) is 0.333. The summed E-state index contributed by atoms with van der Waals surface area (Å²) in [5.74, 6) is 0.865. The quantitative estimate of drug-likeness (QED) is 0.805. The molecule has 0 bridgehead atoms. The van der Waals surface area contributed by atoms with Crippen LogP contribution < -0.4 is 10.9 Å². The van der Waals surface area contributed by atoms with E-state index >= 15 is 0 Å². The summed E-state index contributed by atoms with van der Waals surface area (Å²) in [4.78, 5) is 19.6. The maximum absolute atomic E-state index is 13.1. The van der Waals surface area contributed by atoms with Crippen molar-refractivity contribution in [3.05, 3.63) is 58.0 Å². The third-order valence-electron chi connectivity index (χ3n) is 3.16. The maximum Gasteiger partial charge on any atom is 0.251 e. The molecule has 1 fully saturated rings. The van der Waals surface area contributed by atoms with E-state index < -0.39 is 0 Å². The molecule has 2 aromatic rings. The number of nitrogens with zero attached hydrogens (tertiary/aromatic N) is 1. The van der Waals surface area contributed by atoms with E-state index in [0.29, 0.717) is 24.2 Å².